The molecule has 2 nitrogen and oxygen atoms in total. The predicted octanol–water partition coefficient (Wildman–Crippen LogP) is 1.29. The summed E-state index contributed by atoms with van der Waals surface area (Å²) in [4.78, 5) is 0. The van der Waals surface area contributed by atoms with Crippen LogP contribution in [0.5, 0.6) is 0 Å². The van der Waals surface area contributed by atoms with Gasteiger partial charge >= 0.3 is 0 Å². The Hall–Kier alpha value is 0.240. The van der Waals surface area contributed by atoms with Crippen molar-refractivity contribution < 1.29 is 4.74 Å². The average molecular weight is 182 g/mol. The minimum atomic E-state index is 0.463. The highest BCUT2D eigenvalue weighted by Crippen LogP contribution is 2.04. The Morgan fingerprint density at radius 2 is 2.40 bits per heavy atom. The van der Waals surface area contributed by atoms with Gasteiger partial charge in [-0.25, -0.2) is 0 Å². The van der Waals surface area contributed by atoms with E-state index >= 15 is 0 Å². The zero-order chi connectivity index (χ0) is 7.40. The summed E-state index contributed by atoms with van der Waals surface area (Å²) in [5.74, 6) is 0. The lowest BCUT2D eigenvalue weighted by molar-refractivity contribution is -0.00356. The van der Waals surface area contributed by atoms with Crippen molar-refractivity contribution in [2.24, 2.45) is 0 Å². The number of nitrogens with one attached hydrogen (secondary N) is 1. The van der Waals surface area contributed by atoms with E-state index in [4.69, 9.17) is 27.9 Å². The molecule has 0 aromatic heterocycles. The van der Waals surface area contributed by atoms with E-state index < -0.39 is 0 Å². The molecule has 0 spiro atoms. The monoisotopic (exact) mass is 181 g/mol. The zero-order valence-electron chi connectivity index (χ0n) is 5.44. The molecule has 1 aliphatic heterocycles. The second-order valence-corrected chi connectivity index (χ2v) is 2.87. The third-order valence-electron chi connectivity index (χ3n) is 1.32. The number of hydrogen-bond donors (Lipinski definition) is 1. The Balaban J connectivity index is 2.04. The van der Waals surface area contributed by atoms with Crippen LogP contribution in [0.3, 0.4) is 0 Å². The fraction of sp³-hybridized carbons (Fsp3) is 0.667. The largest absolute Gasteiger partial charge is 0.378 e. The van der Waals surface area contributed by atoms with Crippen molar-refractivity contribution in [2.75, 3.05) is 19.8 Å². The first-order chi connectivity index (χ1) is 4.83. The first-order valence-corrected chi connectivity index (χ1v) is 3.90. The van der Waals surface area contributed by atoms with Gasteiger partial charge in [-0.3, -0.25) is 0 Å². The quantitative estimate of drug-likeness (QED) is 0.710. The summed E-state index contributed by atoms with van der Waals surface area (Å²) in [6.07, 6.45) is 0. The van der Waals surface area contributed by atoms with Crippen LogP contribution in [0, 0.1) is 0 Å². The zero-order valence-corrected chi connectivity index (χ0v) is 6.95. The minimum absolute atomic E-state index is 0.463. The first kappa shape index (κ1) is 8.34. The average Bonchev–Trinajstić information content (AvgIpc) is 1.84. The highest BCUT2D eigenvalue weighted by Gasteiger charge is 2.16. The summed E-state index contributed by atoms with van der Waals surface area (Å²) < 4.78 is 4.94. The summed E-state index contributed by atoms with van der Waals surface area (Å²) in [6, 6.07) is 0.463. The van der Waals surface area contributed by atoms with E-state index in [2.05, 4.69) is 5.32 Å². The third-order valence-corrected chi connectivity index (χ3v) is 1.93. The van der Waals surface area contributed by atoms with Gasteiger partial charge in [0.1, 0.15) is 0 Å². The van der Waals surface area contributed by atoms with Crippen LogP contribution in [0.1, 0.15) is 0 Å². The lowest BCUT2D eigenvalue weighted by atomic mass is 10.2. The number of hydrogen-bond acceptors (Lipinski definition) is 2. The van der Waals surface area contributed by atoms with Crippen LogP contribution in [-0.2, 0) is 4.74 Å². The van der Waals surface area contributed by atoms with Crippen LogP contribution in [0.4, 0.5) is 0 Å². The molecule has 1 saturated heterocycles. The van der Waals surface area contributed by atoms with E-state index in [9.17, 15) is 0 Å². The molecule has 0 bridgehead atoms. The SMILES string of the molecule is ClC=C(Cl)CNC1COC1. The van der Waals surface area contributed by atoms with Crippen LogP contribution >= 0.6 is 23.2 Å². The van der Waals surface area contributed by atoms with Crippen LogP contribution < -0.4 is 5.32 Å². The Morgan fingerprint density at radius 3 is 2.80 bits per heavy atom. The summed E-state index contributed by atoms with van der Waals surface area (Å²) in [6.45, 7) is 2.21. The van der Waals surface area contributed by atoms with E-state index in [0.717, 1.165) is 13.2 Å². The second kappa shape index (κ2) is 4.19. The Morgan fingerprint density at radius 1 is 1.70 bits per heavy atom. The van der Waals surface area contributed by atoms with Crippen LogP contribution in [0.2, 0.25) is 0 Å². The van der Waals surface area contributed by atoms with E-state index in [-0.39, 0.29) is 0 Å². The Kier molecular flexibility index (Phi) is 3.49. The molecule has 1 aliphatic rings. The van der Waals surface area contributed by atoms with Gasteiger partial charge in [-0.2, -0.15) is 0 Å². The maximum absolute atomic E-state index is 5.62. The van der Waals surface area contributed by atoms with Crippen molar-refractivity contribution in [2.45, 2.75) is 6.04 Å². The van der Waals surface area contributed by atoms with Crippen molar-refractivity contribution in [1.29, 1.82) is 0 Å². The van der Waals surface area contributed by atoms with Crippen molar-refractivity contribution in [3.8, 4) is 0 Å². The number of ether oxygens (including phenoxy) is 1. The van der Waals surface area contributed by atoms with Crippen molar-refractivity contribution >= 4 is 23.2 Å². The molecule has 0 amide bonds. The lowest BCUT2D eigenvalue weighted by Crippen LogP contribution is -2.46. The molecule has 0 atom stereocenters. The first-order valence-electron chi connectivity index (χ1n) is 3.09. The fourth-order valence-corrected chi connectivity index (χ4v) is 0.788. The molecule has 1 N–H and O–H groups in total. The highest BCUT2D eigenvalue weighted by molar-refractivity contribution is 6.36. The molecular weight excluding hydrogens is 173 g/mol. The fourth-order valence-electron chi connectivity index (χ4n) is 0.634. The van der Waals surface area contributed by atoms with Crippen molar-refractivity contribution in [1.82, 2.24) is 5.32 Å². The Labute approximate surface area is 70.1 Å². The van der Waals surface area contributed by atoms with Gasteiger partial charge in [-0.05, 0) is 0 Å². The molecule has 0 saturated carbocycles. The van der Waals surface area contributed by atoms with E-state index in [1.54, 1.807) is 0 Å². The number of rotatable bonds is 3. The summed E-state index contributed by atoms with van der Waals surface area (Å²) >= 11 is 10.9. The molecule has 0 aliphatic carbocycles. The Bertz CT molecular complexity index is 134. The molecule has 1 rings (SSSR count). The van der Waals surface area contributed by atoms with Crippen LogP contribution in [0.25, 0.3) is 0 Å². The molecule has 0 aromatic carbocycles. The molecule has 1 heterocycles. The molecule has 0 aromatic rings. The van der Waals surface area contributed by atoms with Gasteiger partial charge in [0.25, 0.3) is 0 Å². The van der Waals surface area contributed by atoms with Gasteiger partial charge < -0.3 is 10.1 Å². The van der Waals surface area contributed by atoms with Crippen molar-refractivity contribution in [3.63, 3.8) is 0 Å². The molecule has 0 radical (unpaired) electrons. The van der Waals surface area contributed by atoms with Gasteiger partial charge in [0.2, 0.25) is 0 Å². The smallest absolute Gasteiger partial charge is 0.0643 e. The molecular formula is C6H9Cl2NO. The molecule has 1 fully saturated rings. The van der Waals surface area contributed by atoms with E-state index in [1.807, 2.05) is 0 Å². The lowest BCUT2D eigenvalue weighted by Gasteiger charge is -2.26. The van der Waals surface area contributed by atoms with Crippen LogP contribution in [0.15, 0.2) is 10.6 Å². The normalized spacial score (nSPS) is 20.8. The van der Waals surface area contributed by atoms with Crippen LogP contribution in [-0.4, -0.2) is 25.8 Å². The van der Waals surface area contributed by atoms with Gasteiger partial charge in [0.15, 0.2) is 0 Å². The molecule has 4 heteroatoms. The van der Waals surface area contributed by atoms with Gasteiger partial charge in [-0.15, -0.1) is 0 Å². The molecule has 58 valence electrons. The van der Waals surface area contributed by atoms with E-state index in [0.29, 0.717) is 17.6 Å². The number of halogens is 2. The third kappa shape index (κ3) is 2.46. The second-order valence-electron chi connectivity index (χ2n) is 2.17. The summed E-state index contributed by atoms with van der Waals surface area (Å²) in [5, 5.41) is 3.79. The standard InChI is InChI=1S/C6H9Cl2NO/c7-1-5(8)2-9-6-3-10-4-6/h1,6,9H,2-4H2. The van der Waals surface area contributed by atoms with Gasteiger partial charge in [-0.1, -0.05) is 23.2 Å². The maximum atomic E-state index is 5.62. The van der Waals surface area contributed by atoms with Gasteiger partial charge in [0, 0.05) is 17.1 Å². The maximum Gasteiger partial charge on any atom is 0.0643 e. The topological polar surface area (TPSA) is 21.3 Å². The summed E-state index contributed by atoms with van der Waals surface area (Å²) in [7, 11) is 0. The predicted molar refractivity (Wildman–Crippen MR) is 42.4 cm³/mol. The minimum Gasteiger partial charge on any atom is -0.378 e. The van der Waals surface area contributed by atoms with Gasteiger partial charge in [0.05, 0.1) is 19.3 Å². The molecule has 10 heavy (non-hydrogen) atoms. The van der Waals surface area contributed by atoms with E-state index in [1.165, 1.54) is 5.54 Å². The highest BCUT2D eigenvalue weighted by atomic mass is 35.5. The van der Waals surface area contributed by atoms with Crippen molar-refractivity contribution in [3.05, 3.63) is 10.6 Å². The summed E-state index contributed by atoms with van der Waals surface area (Å²) in [5.41, 5.74) is 1.37. The molecule has 0 unspecified atom stereocenters.